The summed E-state index contributed by atoms with van der Waals surface area (Å²) >= 11 is 1.88. The van der Waals surface area contributed by atoms with Crippen LogP contribution in [0.2, 0.25) is 0 Å². The molecule has 0 spiro atoms. The van der Waals surface area contributed by atoms with E-state index in [1.165, 1.54) is 27.4 Å². The first-order valence-electron chi connectivity index (χ1n) is 11.5. The molecule has 35 heavy (non-hydrogen) atoms. The van der Waals surface area contributed by atoms with Gasteiger partial charge in [-0.1, -0.05) is 30.3 Å². The Morgan fingerprint density at radius 1 is 0.857 bits per heavy atom. The first-order valence-corrected chi connectivity index (χ1v) is 12.4. The van der Waals surface area contributed by atoms with E-state index in [0.29, 0.717) is 6.54 Å². The van der Waals surface area contributed by atoms with Crippen molar-refractivity contribution in [2.45, 2.75) is 16.6 Å². The van der Waals surface area contributed by atoms with Crippen LogP contribution in [0.5, 0.6) is 17.2 Å². The maximum absolute atomic E-state index is 5.42. The van der Waals surface area contributed by atoms with Crippen molar-refractivity contribution in [3.8, 4) is 22.9 Å². The van der Waals surface area contributed by atoms with Crippen LogP contribution in [0.4, 0.5) is 0 Å². The topological polar surface area (TPSA) is 45.0 Å². The van der Waals surface area contributed by atoms with E-state index in [2.05, 4.69) is 59.2 Å². The lowest BCUT2D eigenvalue weighted by atomic mass is 10.1. The summed E-state index contributed by atoms with van der Waals surface area (Å²) in [6.07, 6.45) is 2.81. The van der Waals surface area contributed by atoms with Crippen LogP contribution in [-0.4, -0.2) is 38.7 Å². The van der Waals surface area contributed by atoms with Gasteiger partial charge in [0.2, 0.25) is 0 Å². The van der Waals surface area contributed by atoms with Gasteiger partial charge in [0.05, 0.1) is 38.0 Å². The molecular formula is C29H28N2O3S. The van der Waals surface area contributed by atoms with Gasteiger partial charge in [-0.3, -0.25) is 4.99 Å². The molecule has 1 aliphatic rings. The number of hydrogen-bond acceptors (Lipinski definition) is 5. The average molecular weight is 485 g/mol. The van der Waals surface area contributed by atoms with E-state index in [0.717, 1.165) is 29.4 Å². The first kappa shape index (κ1) is 23.1. The number of rotatable bonds is 8. The minimum absolute atomic E-state index is 0.199. The zero-order valence-corrected chi connectivity index (χ0v) is 20.9. The molecule has 1 atom stereocenters. The SMILES string of the molecule is COc1ccc(C2Sc3ccccc3-n3c(C=NCCc4ccc(OC)c(OC)c4)ccc32)cc1. The lowest BCUT2D eigenvalue weighted by Gasteiger charge is -2.28. The van der Waals surface area contributed by atoms with Gasteiger partial charge in [-0.15, -0.1) is 11.8 Å². The monoisotopic (exact) mass is 484 g/mol. The molecule has 3 aromatic carbocycles. The molecule has 5 rings (SSSR count). The van der Waals surface area contributed by atoms with Crippen molar-refractivity contribution < 1.29 is 14.2 Å². The van der Waals surface area contributed by atoms with Gasteiger partial charge in [-0.25, -0.2) is 0 Å². The molecule has 1 aliphatic heterocycles. The van der Waals surface area contributed by atoms with E-state index in [4.69, 9.17) is 19.2 Å². The largest absolute Gasteiger partial charge is 0.497 e. The van der Waals surface area contributed by atoms with Crippen LogP contribution in [-0.2, 0) is 6.42 Å². The standard InChI is InChI=1S/C29H28N2O3S/c1-32-23-12-9-21(10-13-23)29-25-14-11-22(31(25)24-6-4-5-7-28(24)35-29)19-30-17-16-20-8-15-26(33-2)27(18-20)34-3/h4-15,18-19,29H,16-17H2,1-3H3. The van der Waals surface area contributed by atoms with E-state index >= 15 is 0 Å². The number of benzene rings is 3. The number of hydrogen-bond donors (Lipinski definition) is 0. The Labute approximate surface area is 210 Å². The highest BCUT2D eigenvalue weighted by atomic mass is 32.2. The fraction of sp³-hybridized carbons (Fsp3) is 0.207. The van der Waals surface area contributed by atoms with Gasteiger partial charge in [-0.2, -0.15) is 0 Å². The van der Waals surface area contributed by atoms with Crippen molar-refractivity contribution in [3.05, 3.63) is 101 Å². The molecule has 0 saturated carbocycles. The van der Waals surface area contributed by atoms with Gasteiger partial charge in [0, 0.05) is 23.3 Å². The number of methoxy groups -OCH3 is 3. The number of para-hydroxylation sites is 1. The lowest BCUT2D eigenvalue weighted by Crippen LogP contribution is -2.13. The van der Waals surface area contributed by atoms with Gasteiger partial charge in [0.25, 0.3) is 0 Å². The number of aliphatic imine (C=N–C) groups is 1. The molecular weight excluding hydrogens is 456 g/mol. The quantitative estimate of drug-likeness (QED) is 0.273. The van der Waals surface area contributed by atoms with Crippen molar-refractivity contribution in [2.24, 2.45) is 4.99 Å². The van der Waals surface area contributed by atoms with Gasteiger partial charge < -0.3 is 18.8 Å². The third kappa shape index (κ3) is 4.66. The van der Waals surface area contributed by atoms with Crippen LogP contribution in [0.1, 0.15) is 27.8 Å². The van der Waals surface area contributed by atoms with E-state index in [1.54, 1.807) is 21.3 Å². The van der Waals surface area contributed by atoms with Crippen LogP contribution in [0.15, 0.2) is 88.8 Å². The third-order valence-electron chi connectivity index (χ3n) is 6.18. The molecule has 178 valence electrons. The fourth-order valence-electron chi connectivity index (χ4n) is 4.39. The number of nitrogens with zero attached hydrogens (tertiary/aromatic N) is 2. The van der Waals surface area contributed by atoms with Crippen LogP contribution in [0.25, 0.3) is 5.69 Å². The maximum Gasteiger partial charge on any atom is 0.160 e. The minimum atomic E-state index is 0.199. The molecule has 1 aromatic heterocycles. The summed E-state index contributed by atoms with van der Waals surface area (Å²) in [7, 11) is 5.00. The Morgan fingerprint density at radius 3 is 2.43 bits per heavy atom. The summed E-state index contributed by atoms with van der Waals surface area (Å²) in [6.45, 7) is 0.689. The number of aromatic nitrogens is 1. The van der Waals surface area contributed by atoms with Crippen LogP contribution in [0.3, 0.4) is 0 Å². The second-order valence-electron chi connectivity index (χ2n) is 8.23. The number of thioether (sulfide) groups is 1. The number of fused-ring (bicyclic) bond motifs is 3. The predicted octanol–water partition coefficient (Wildman–Crippen LogP) is 6.36. The summed E-state index contributed by atoms with van der Waals surface area (Å²) < 4.78 is 18.4. The highest BCUT2D eigenvalue weighted by Gasteiger charge is 2.28. The fourth-order valence-corrected chi connectivity index (χ4v) is 5.68. The highest BCUT2D eigenvalue weighted by Crippen LogP contribution is 2.48. The first-order chi connectivity index (χ1) is 17.2. The molecule has 2 heterocycles. The summed E-state index contributed by atoms with van der Waals surface area (Å²) in [5.74, 6) is 2.35. The Hall–Kier alpha value is -3.64. The molecule has 0 amide bonds. The van der Waals surface area contributed by atoms with Gasteiger partial charge in [-0.05, 0) is 66.1 Å². The average Bonchev–Trinajstić information content (AvgIpc) is 3.35. The normalized spacial score (nSPS) is 14.4. The van der Waals surface area contributed by atoms with Crippen LogP contribution < -0.4 is 14.2 Å². The van der Waals surface area contributed by atoms with E-state index in [-0.39, 0.29) is 5.25 Å². The Bertz CT molecular complexity index is 1340. The molecule has 0 N–H and O–H groups in total. The Morgan fingerprint density at radius 2 is 1.66 bits per heavy atom. The van der Waals surface area contributed by atoms with Crippen molar-refractivity contribution >= 4 is 18.0 Å². The number of ether oxygens (including phenoxy) is 3. The van der Waals surface area contributed by atoms with Gasteiger partial charge in [0.1, 0.15) is 5.75 Å². The second kappa shape index (κ2) is 10.3. The van der Waals surface area contributed by atoms with Crippen molar-refractivity contribution in [3.63, 3.8) is 0 Å². The second-order valence-corrected chi connectivity index (χ2v) is 9.38. The molecule has 0 aliphatic carbocycles. The lowest BCUT2D eigenvalue weighted by molar-refractivity contribution is 0.354. The van der Waals surface area contributed by atoms with Crippen LogP contribution >= 0.6 is 11.8 Å². The van der Waals surface area contributed by atoms with Crippen molar-refractivity contribution in [2.75, 3.05) is 27.9 Å². The van der Waals surface area contributed by atoms with E-state index in [9.17, 15) is 0 Å². The van der Waals surface area contributed by atoms with Gasteiger partial charge >= 0.3 is 0 Å². The zero-order chi connectivity index (χ0) is 24.2. The van der Waals surface area contributed by atoms with E-state index in [1.807, 2.05) is 42.2 Å². The van der Waals surface area contributed by atoms with Crippen LogP contribution in [0, 0.1) is 0 Å². The summed E-state index contributed by atoms with van der Waals surface area (Å²) in [5.41, 5.74) is 5.95. The molecule has 0 fully saturated rings. The molecule has 0 bridgehead atoms. The third-order valence-corrected chi connectivity index (χ3v) is 7.53. The zero-order valence-electron chi connectivity index (χ0n) is 20.1. The minimum Gasteiger partial charge on any atom is -0.497 e. The van der Waals surface area contributed by atoms with Gasteiger partial charge in [0.15, 0.2) is 11.5 Å². The predicted molar refractivity (Wildman–Crippen MR) is 142 cm³/mol. The Kier molecular flexibility index (Phi) is 6.82. The maximum atomic E-state index is 5.42. The van der Waals surface area contributed by atoms with E-state index < -0.39 is 0 Å². The molecule has 0 saturated heterocycles. The highest BCUT2D eigenvalue weighted by molar-refractivity contribution is 8.00. The summed E-state index contributed by atoms with van der Waals surface area (Å²) in [4.78, 5) is 6.03. The Balaban J connectivity index is 1.40. The summed E-state index contributed by atoms with van der Waals surface area (Å²) in [6, 6.07) is 27.3. The molecule has 6 heteroatoms. The molecule has 1 unspecified atom stereocenters. The smallest absolute Gasteiger partial charge is 0.160 e. The molecule has 0 radical (unpaired) electrons. The van der Waals surface area contributed by atoms with Crippen molar-refractivity contribution in [1.82, 2.24) is 4.57 Å². The molecule has 4 aromatic rings. The molecule has 5 nitrogen and oxygen atoms in total. The summed E-state index contributed by atoms with van der Waals surface area (Å²) in [5, 5.41) is 0.199. The van der Waals surface area contributed by atoms with Crippen molar-refractivity contribution in [1.29, 1.82) is 0 Å².